The van der Waals surface area contributed by atoms with E-state index in [4.69, 9.17) is 5.11 Å². The highest BCUT2D eigenvalue weighted by Gasteiger charge is 2.95. The third kappa shape index (κ3) is 3.27. The standard InChI is InChI=1S/C12H9F17O/c1-3-4(2,30)5(13,14)6(15,16)7(17,18)8(19,20)9(21,22)10(23,24)11(25,26)12(27,28)29/h30H,3H2,1-2H3. The van der Waals surface area contributed by atoms with Gasteiger partial charge in [0.15, 0.2) is 0 Å². The lowest BCUT2D eigenvalue weighted by atomic mass is 9.83. The molecule has 1 nitrogen and oxygen atoms in total. The molecule has 0 radical (unpaired) electrons. The third-order valence-electron chi connectivity index (χ3n) is 4.09. The van der Waals surface area contributed by atoms with E-state index in [2.05, 4.69) is 0 Å². The molecule has 1 atom stereocenters. The SMILES string of the molecule is CCC(C)(O)C(F)(F)C(F)(F)C(F)(F)C(F)(F)C(F)(F)C(F)(F)C(F)(F)C(F)(F)F. The van der Waals surface area contributed by atoms with E-state index in [0.717, 1.165) is 0 Å². The van der Waals surface area contributed by atoms with Crippen LogP contribution in [-0.4, -0.2) is 58.3 Å². The second kappa shape index (κ2) is 6.88. The van der Waals surface area contributed by atoms with Gasteiger partial charge in [-0.3, -0.25) is 0 Å². The Kier molecular flexibility index (Phi) is 6.60. The molecule has 0 aliphatic heterocycles. The van der Waals surface area contributed by atoms with Crippen molar-refractivity contribution in [3.63, 3.8) is 0 Å². The molecule has 1 unspecified atom stereocenters. The maximum absolute atomic E-state index is 13.5. The fourth-order valence-electron chi connectivity index (χ4n) is 1.72. The van der Waals surface area contributed by atoms with Crippen LogP contribution < -0.4 is 0 Å². The molecule has 0 amide bonds. The molecule has 0 saturated carbocycles. The summed E-state index contributed by atoms with van der Waals surface area (Å²) >= 11 is 0. The summed E-state index contributed by atoms with van der Waals surface area (Å²) in [5.74, 6) is -57.1. The van der Waals surface area contributed by atoms with Crippen molar-refractivity contribution in [2.45, 2.75) is 73.5 Å². The Hall–Kier alpha value is -1.23. The van der Waals surface area contributed by atoms with Crippen LogP contribution in [0.4, 0.5) is 74.6 Å². The van der Waals surface area contributed by atoms with Crippen LogP contribution in [0.3, 0.4) is 0 Å². The Morgan fingerprint density at radius 2 is 0.633 bits per heavy atom. The van der Waals surface area contributed by atoms with Gasteiger partial charge in [-0.25, -0.2) is 0 Å². The van der Waals surface area contributed by atoms with Crippen LogP contribution in [0.15, 0.2) is 0 Å². The lowest BCUT2D eigenvalue weighted by molar-refractivity contribution is -0.466. The van der Waals surface area contributed by atoms with E-state index in [9.17, 15) is 74.6 Å². The zero-order valence-corrected chi connectivity index (χ0v) is 14.1. The van der Waals surface area contributed by atoms with Gasteiger partial charge in [-0.05, 0) is 13.3 Å². The zero-order valence-electron chi connectivity index (χ0n) is 14.1. The van der Waals surface area contributed by atoms with E-state index in [-0.39, 0.29) is 6.92 Å². The molecule has 0 aromatic rings. The predicted octanol–water partition coefficient (Wildman–Crippen LogP) is 6.16. The van der Waals surface area contributed by atoms with Crippen LogP contribution in [-0.2, 0) is 0 Å². The fourth-order valence-corrected chi connectivity index (χ4v) is 1.72. The van der Waals surface area contributed by atoms with Crippen molar-refractivity contribution in [3.8, 4) is 0 Å². The Morgan fingerprint density at radius 1 is 0.433 bits per heavy atom. The molecule has 0 fully saturated rings. The molecule has 0 rings (SSSR count). The number of alkyl halides is 17. The summed E-state index contributed by atoms with van der Waals surface area (Å²) < 4.78 is 221. The average Bonchev–Trinajstić information content (AvgIpc) is 2.52. The van der Waals surface area contributed by atoms with E-state index in [1.165, 1.54) is 0 Å². The number of hydrogen-bond donors (Lipinski definition) is 1. The average molecular weight is 492 g/mol. The van der Waals surface area contributed by atoms with E-state index in [1.807, 2.05) is 0 Å². The van der Waals surface area contributed by atoms with Crippen molar-refractivity contribution >= 4 is 0 Å². The largest absolute Gasteiger partial charge is 0.460 e. The topological polar surface area (TPSA) is 20.2 Å². The number of halogens is 17. The second-order valence-electron chi connectivity index (χ2n) is 6.15. The third-order valence-corrected chi connectivity index (χ3v) is 4.09. The number of aliphatic hydroxyl groups is 1. The van der Waals surface area contributed by atoms with Crippen molar-refractivity contribution in [2.24, 2.45) is 0 Å². The van der Waals surface area contributed by atoms with Gasteiger partial charge in [-0.2, -0.15) is 74.6 Å². The van der Waals surface area contributed by atoms with Gasteiger partial charge in [0.1, 0.15) is 5.60 Å². The molecule has 182 valence electrons. The normalized spacial score (nSPS) is 18.4. The lowest BCUT2D eigenvalue weighted by Gasteiger charge is -2.45. The summed E-state index contributed by atoms with van der Waals surface area (Å²) in [6, 6.07) is 0. The first-order valence-electron chi connectivity index (χ1n) is 7.00. The van der Waals surface area contributed by atoms with E-state index >= 15 is 0 Å². The first kappa shape index (κ1) is 28.8. The Labute approximate surface area is 154 Å². The molecule has 18 heteroatoms. The summed E-state index contributed by atoms with van der Waals surface area (Å²) in [6.07, 6.45) is -9.44. The Morgan fingerprint density at radius 3 is 0.833 bits per heavy atom. The predicted molar refractivity (Wildman–Crippen MR) is 61.6 cm³/mol. The first-order chi connectivity index (χ1) is 12.6. The molecule has 30 heavy (non-hydrogen) atoms. The molecule has 1 N–H and O–H groups in total. The van der Waals surface area contributed by atoms with Gasteiger partial charge < -0.3 is 5.11 Å². The van der Waals surface area contributed by atoms with Gasteiger partial charge >= 0.3 is 47.6 Å². The van der Waals surface area contributed by atoms with Gasteiger partial charge in [0.25, 0.3) is 0 Å². The molecule has 0 spiro atoms. The Balaban J connectivity index is 6.85. The summed E-state index contributed by atoms with van der Waals surface area (Å²) in [6.45, 7) is -0.0212. The van der Waals surface area contributed by atoms with Crippen LogP contribution in [0.5, 0.6) is 0 Å². The quantitative estimate of drug-likeness (QED) is 0.403. The van der Waals surface area contributed by atoms with Gasteiger partial charge in [-0.1, -0.05) is 6.92 Å². The fraction of sp³-hybridized carbons (Fsp3) is 1.00. The van der Waals surface area contributed by atoms with Crippen LogP contribution in [0.25, 0.3) is 0 Å². The van der Waals surface area contributed by atoms with E-state index in [1.54, 1.807) is 0 Å². The van der Waals surface area contributed by atoms with Crippen molar-refractivity contribution in [1.29, 1.82) is 0 Å². The minimum Gasteiger partial charge on any atom is -0.384 e. The van der Waals surface area contributed by atoms with E-state index in [0.29, 0.717) is 6.92 Å². The lowest BCUT2D eigenvalue weighted by Crippen LogP contribution is -2.76. The Bertz CT molecular complexity index is 629. The summed E-state index contributed by atoms with van der Waals surface area (Å²) in [7, 11) is 0. The van der Waals surface area contributed by atoms with Crippen LogP contribution >= 0.6 is 0 Å². The monoisotopic (exact) mass is 492 g/mol. The molecule has 0 aromatic carbocycles. The maximum Gasteiger partial charge on any atom is 0.460 e. The van der Waals surface area contributed by atoms with Crippen molar-refractivity contribution in [1.82, 2.24) is 0 Å². The van der Waals surface area contributed by atoms with Gasteiger partial charge in [0.05, 0.1) is 0 Å². The number of hydrogen-bond acceptors (Lipinski definition) is 1. The van der Waals surface area contributed by atoms with Crippen molar-refractivity contribution < 1.29 is 79.7 Å². The highest BCUT2D eigenvalue weighted by Crippen LogP contribution is 2.64. The molecular formula is C12H9F17O. The highest BCUT2D eigenvalue weighted by molar-refractivity contribution is 5.17. The first-order valence-corrected chi connectivity index (χ1v) is 7.00. The molecule has 0 aliphatic rings. The summed E-state index contributed by atoms with van der Waals surface area (Å²) in [5, 5.41) is 9.00. The maximum atomic E-state index is 13.5. The molecule has 0 aromatic heterocycles. The van der Waals surface area contributed by atoms with Crippen LogP contribution in [0, 0.1) is 0 Å². The molecule has 0 heterocycles. The minimum absolute atomic E-state index is 0.368. The smallest absolute Gasteiger partial charge is 0.384 e. The molecule has 0 bridgehead atoms. The van der Waals surface area contributed by atoms with Crippen molar-refractivity contribution in [2.75, 3.05) is 0 Å². The van der Waals surface area contributed by atoms with E-state index < -0.39 is 59.7 Å². The van der Waals surface area contributed by atoms with Crippen molar-refractivity contribution in [3.05, 3.63) is 0 Å². The highest BCUT2D eigenvalue weighted by atomic mass is 19.4. The second-order valence-corrected chi connectivity index (χ2v) is 6.15. The zero-order chi connectivity index (χ0) is 25.2. The summed E-state index contributed by atoms with van der Waals surface area (Å²) in [5.41, 5.74) is -4.39. The van der Waals surface area contributed by atoms with Gasteiger partial charge in [0, 0.05) is 0 Å². The van der Waals surface area contributed by atoms with Gasteiger partial charge in [0.2, 0.25) is 0 Å². The molecule has 0 aliphatic carbocycles. The van der Waals surface area contributed by atoms with Crippen LogP contribution in [0.1, 0.15) is 20.3 Å². The molecular weight excluding hydrogens is 483 g/mol. The van der Waals surface area contributed by atoms with Crippen LogP contribution in [0.2, 0.25) is 0 Å². The minimum atomic E-state index is -8.67. The molecule has 0 saturated heterocycles. The summed E-state index contributed by atoms with van der Waals surface area (Å²) in [4.78, 5) is 0. The van der Waals surface area contributed by atoms with Gasteiger partial charge in [-0.15, -0.1) is 0 Å². The number of rotatable bonds is 8.